The van der Waals surface area contributed by atoms with Crippen LogP contribution in [0.15, 0.2) is 53.3 Å². The van der Waals surface area contributed by atoms with Gasteiger partial charge in [0.05, 0.1) is 12.0 Å². The van der Waals surface area contributed by atoms with Crippen molar-refractivity contribution in [3.63, 3.8) is 0 Å². The summed E-state index contributed by atoms with van der Waals surface area (Å²) in [4.78, 5) is 41.0. The second-order valence-corrected chi connectivity index (χ2v) is 7.20. The van der Waals surface area contributed by atoms with E-state index in [1.54, 1.807) is 36.4 Å². The zero-order valence-electron chi connectivity index (χ0n) is 17.8. The fourth-order valence-electron chi connectivity index (χ4n) is 3.49. The van der Waals surface area contributed by atoms with E-state index < -0.39 is 11.8 Å². The van der Waals surface area contributed by atoms with Crippen LogP contribution >= 0.6 is 0 Å². The van der Waals surface area contributed by atoms with Gasteiger partial charge in [-0.25, -0.2) is 4.68 Å². The summed E-state index contributed by atoms with van der Waals surface area (Å²) in [6.45, 7) is 4.74. The number of amides is 2. The number of nitrogens with zero attached hydrogens (tertiary/aromatic N) is 2. The number of hydrogen-bond donors (Lipinski definition) is 3. The topological polar surface area (TPSA) is 118 Å². The fraction of sp³-hybridized carbons (Fsp3) is 0.217. The summed E-state index contributed by atoms with van der Waals surface area (Å²) in [7, 11) is 0. The molecule has 0 unspecified atom stereocenters. The normalized spacial score (nSPS) is 10.9. The van der Waals surface area contributed by atoms with E-state index in [2.05, 4.69) is 20.9 Å². The lowest BCUT2D eigenvalue weighted by Crippen LogP contribution is -2.43. The molecule has 0 saturated heterocycles. The van der Waals surface area contributed by atoms with Crippen LogP contribution in [0.1, 0.15) is 41.2 Å². The lowest BCUT2D eigenvalue weighted by molar-refractivity contribution is 0.0841. The first kappa shape index (κ1) is 21.1. The molecule has 0 atom stereocenters. The number of hydrazine groups is 1. The monoisotopic (exact) mass is 433 g/mol. The number of ether oxygens (including phenoxy) is 1. The van der Waals surface area contributed by atoms with Gasteiger partial charge in [-0.15, -0.1) is 0 Å². The minimum absolute atomic E-state index is 0.0620. The maximum atomic E-state index is 12.8. The SMILES string of the molecule is CCCn1nc(C(=O)NNC(=O)c2cc3ccc(OCC)cc3[nH]2)c2ccccc2c1=O. The molecule has 2 aromatic heterocycles. The highest BCUT2D eigenvalue weighted by molar-refractivity contribution is 6.06. The molecule has 9 heteroatoms. The van der Waals surface area contributed by atoms with E-state index in [4.69, 9.17) is 4.74 Å². The average Bonchev–Trinajstić information content (AvgIpc) is 3.23. The summed E-state index contributed by atoms with van der Waals surface area (Å²) in [5.74, 6) is -0.435. The number of fused-ring (bicyclic) bond motifs is 2. The molecule has 0 aliphatic rings. The summed E-state index contributed by atoms with van der Waals surface area (Å²) in [5.41, 5.74) is 5.62. The average molecular weight is 433 g/mol. The Hall–Kier alpha value is -4.14. The molecule has 32 heavy (non-hydrogen) atoms. The van der Waals surface area contributed by atoms with Crippen LogP contribution in [-0.4, -0.2) is 33.2 Å². The van der Waals surface area contributed by atoms with E-state index in [9.17, 15) is 14.4 Å². The zero-order chi connectivity index (χ0) is 22.7. The Labute approximate surface area is 183 Å². The Morgan fingerprint density at radius 2 is 1.78 bits per heavy atom. The van der Waals surface area contributed by atoms with Crippen molar-refractivity contribution in [1.29, 1.82) is 0 Å². The molecule has 0 aliphatic heterocycles. The van der Waals surface area contributed by atoms with Gasteiger partial charge in [-0.1, -0.05) is 25.1 Å². The Bertz CT molecular complexity index is 1370. The van der Waals surface area contributed by atoms with Crippen LogP contribution in [0, 0.1) is 0 Å². The first-order valence-electron chi connectivity index (χ1n) is 10.4. The number of aromatic amines is 1. The quantitative estimate of drug-likeness (QED) is 0.404. The number of rotatable bonds is 6. The predicted molar refractivity (Wildman–Crippen MR) is 121 cm³/mol. The number of nitrogens with one attached hydrogen (secondary N) is 3. The summed E-state index contributed by atoms with van der Waals surface area (Å²) in [5, 5.41) is 5.88. The van der Waals surface area contributed by atoms with Gasteiger partial charge in [-0.05, 0) is 37.6 Å². The standard InChI is InChI=1S/C23H23N5O4/c1-3-11-28-23(31)17-8-6-5-7-16(17)20(27-28)22(30)26-25-21(29)19-12-14-9-10-15(32-4-2)13-18(14)24-19/h5-10,12-13,24H,3-4,11H2,1-2H3,(H,25,29)(H,26,30). The highest BCUT2D eigenvalue weighted by Gasteiger charge is 2.18. The number of aromatic nitrogens is 3. The summed E-state index contributed by atoms with van der Waals surface area (Å²) in [6.07, 6.45) is 0.689. The molecule has 2 amide bonds. The fourth-order valence-corrected chi connectivity index (χ4v) is 3.49. The van der Waals surface area contributed by atoms with Gasteiger partial charge in [0.15, 0.2) is 5.69 Å². The lowest BCUT2D eigenvalue weighted by Gasteiger charge is -2.11. The minimum Gasteiger partial charge on any atom is -0.494 e. The van der Waals surface area contributed by atoms with E-state index >= 15 is 0 Å². The van der Waals surface area contributed by atoms with Gasteiger partial charge in [-0.3, -0.25) is 25.2 Å². The molecule has 0 bridgehead atoms. The molecule has 2 heterocycles. The molecule has 0 aliphatic carbocycles. The van der Waals surface area contributed by atoms with Crippen LogP contribution in [0.2, 0.25) is 0 Å². The predicted octanol–water partition coefficient (Wildman–Crippen LogP) is 2.76. The van der Waals surface area contributed by atoms with Gasteiger partial charge in [0, 0.05) is 28.9 Å². The zero-order valence-corrected chi connectivity index (χ0v) is 17.8. The van der Waals surface area contributed by atoms with Gasteiger partial charge in [0.25, 0.3) is 17.4 Å². The Kier molecular flexibility index (Phi) is 5.89. The molecule has 164 valence electrons. The second kappa shape index (κ2) is 8.93. The van der Waals surface area contributed by atoms with E-state index in [-0.39, 0.29) is 16.9 Å². The van der Waals surface area contributed by atoms with Crippen LogP contribution < -0.4 is 21.1 Å². The maximum Gasteiger partial charge on any atom is 0.290 e. The van der Waals surface area contributed by atoms with Crippen molar-refractivity contribution in [2.24, 2.45) is 0 Å². The highest BCUT2D eigenvalue weighted by atomic mass is 16.5. The second-order valence-electron chi connectivity index (χ2n) is 7.20. The molecular weight excluding hydrogens is 410 g/mol. The Balaban J connectivity index is 1.55. The number of benzene rings is 2. The molecule has 0 saturated carbocycles. The molecule has 4 aromatic rings. The van der Waals surface area contributed by atoms with E-state index in [1.807, 2.05) is 26.0 Å². The molecule has 0 spiro atoms. The molecular formula is C23H23N5O4. The molecule has 4 rings (SSSR count). The smallest absolute Gasteiger partial charge is 0.290 e. The summed E-state index contributed by atoms with van der Waals surface area (Å²) < 4.78 is 6.74. The lowest BCUT2D eigenvalue weighted by atomic mass is 10.1. The van der Waals surface area contributed by atoms with Crippen LogP contribution in [0.4, 0.5) is 0 Å². The first-order valence-corrected chi connectivity index (χ1v) is 10.4. The third kappa shape index (κ3) is 4.04. The van der Waals surface area contributed by atoms with Gasteiger partial charge in [0.2, 0.25) is 0 Å². The van der Waals surface area contributed by atoms with Crippen LogP contribution in [-0.2, 0) is 6.54 Å². The largest absolute Gasteiger partial charge is 0.494 e. The molecule has 9 nitrogen and oxygen atoms in total. The van der Waals surface area contributed by atoms with Crippen molar-refractivity contribution in [2.75, 3.05) is 6.61 Å². The van der Waals surface area contributed by atoms with Gasteiger partial charge < -0.3 is 9.72 Å². The minimum atomic E-state index is -0.617. The van der Waals surface area contributed by atoms with Crippen LogP contribution in [0.3, 0.4) is 0 Å². The van der Waals surface area contributed by atoms with Crippen molar-refractivity contribution in [3.8, 4) is 5.75 Å². The number of aryl methyl sites for hydroxylation is 1. The molecule has 2 aromatic carbocycles. The van der Waals surface area contributed by atoms with Gasteiger partial charge in [0.1, 0.15) is 11.4 Å². The Morgan fingerprint density at radius 3 is 2.53 bits per heavy atom. The number of carbonyl (C=O) groups excluding carboxylic acids is 2. The first-order chi connectivity index (χ1) is 15.5. The summed E-state index contributed by atoms with van der Waals surface area (Å²) >= 11 is 0. The van der Waals surface area contributed by atoms with E-state index in [0.717, 1.165) is 10.9 Å². The third-order valence-corrected chi connectivity index (χ3v) is 4.96. The highest BCUT2D eigenvalue weighted by Crippen LogP contribution is 2.21. The number of hydrogen-bond acceptors (Lipinski definition) is 5. The van der Waals surface area contributed by atoms with Crippen molar-refractivity contribution in [3.05, 3.63) is 70.3 Å². The van der Waals surface area contributed by atoms with Crippen molar-refractivity contribution in [1.82, 2.24) is 25.6 Å². The van der Waals surface area contributed by atoms with Crippen molar-refractivity contribution < 1.29 is 14.3 Å². The van der Waals surface area contributed by atoms with E-state index in [0.29, 0.717) is 36.1 Å². The molecule has 0 radical (unpaired) electrons. The van der Waals surface area contributed by atoms with Gasteiger partial charge in [-0.2, -0.15) is 5.10 Å². The van der Waals surface area contributed by atoms with Gasteiger partial charge >= 0.3 is 0 Å². The third-order valence-electron chi connectivity index (χ3n) is 4.96. The number of H-pyrrole nitrogens is 1. The molecule has 0 fully saturated rings. The Morgan fingerprint density at radius 1 is 1.03 bits per heavy atom. The van der Waals surface area contributed by atoms with Crippen molar-refractivity contribution in [2.45, 2.75) is 26.8 Å². The summed E-state index contributed by atoms with van der Waals surface area (Å²) in [6, 6.07) is 13.9. The molecule has 3 N–H and O–H groups in total. The maximum absolute atomic E-state index is 12.8. The van der Waals surface area contributed by atoms with Crippen molar-refractivity contribution >= 4 is 33.5 Å². The van der Waals surface area contributed by atoms with Crippen LogP contribution in [0.5, 0.6) is 5.75 Å². The number of carbonyl (C=O) groups is 2. The van der Waals surface area contributed by atoms with E-state index in [1.165, 1.54) is 4.68 Å². The van der Waals surface area contributed by atoms with Crippen LogP contribution in [0.25, 0.3) is 21.7 Å².